The molecule has 1 atom stereocenters. The van der Waals surface area contributed by atoms with Gasteiger partial charge in [0.2, 0.25) is 0 Å². The molecule has 3 heteroatoms. The number of hydrogen-bond acceptors (Lipinski definition) is 2. The van der Waals surface area contributed by atoms with E-state index >= 15 is 0 Å². The van der Waals surface area contributed by atoms with Crippen molar-refractivity contribution in [2.45, 2.75) is 13.0 Å². The van der Waals surface area contributed by atoms with Crippen LogP contribution in [0.5, 0.6) is 0 Å². The van der Waals surface area contributed by atoms with Gasteiger partial charge in [-0.3, -0.25) is 4.79 Å². The molecule has 0 aliphatic carbocycles. The number of pyridine rings is 1. The zero-order valence-electron chi connectivity index (χ0n) is 8.90. The molecule has 0 aliphatic heterocycles. The summed E-state index contributed by atoms with van der Waals surface area (Å²) in [5.41, 5.74) is 7.35. The van der Waals surface area contributed by atoms with E-state index in [1.165, 1.54) is 0 Å². The minimum absolute atomic E-state index is 0.0105. The average molecular weight is 202 g/mol. The van der Waals surface area contributed by atoms with E-state index in [-0.39, 0.29) is 11.6 Å². The Morgan fingerprint density at radius 2 is 2.00 bits per heavy atom. The maximum Gasteiger partial charge on any atom is 0.255 e. The van der Waals surface area contributed by atoms with Crippen LogP contribution in [0.3, 0.4) is 0 Å². The van der Waals surface area contributed by atoms with Gasteiger partial charge in [0.15, 0.2) is 0 Å². The predicted molar refractivity (Wildman–Crippen MR) is 61.8 cm³/mol. The fraction of sp³-hybridized carbons (Fsp3) is 0.250. The van der Waals surface area contributed by atoms with Gasteiger partial charge in [-0.15, -0.1) is 0 Å². The van der Waals surface area contributed by atoms with E-state index < -0.39 is 0 Å². The standard InChI is InChI=1S/C12H14N2O/c1-8(13)10-7-9-5-3-4-6-11(9)14(2)12(10)15/h3-8H,13H2,1-2H3. The lowest BCUT2D eigenvalue weighted by molar-refractivity contribution is 0.772. The van der Waals surface area contributed by atoms with E-state index in [4.69, 9.17) is 5.73 Å². The Morgan fingerprint density at radius 3 is 2.67 bits per heavy atom. The Kier molecular flexibility index (Phi) is 2.32. The number of nitrogens with two attached hydrogens (primary N) is 1. The van der Waals surface area contributed by atoms with Crippen LogP contribution in [0.4, 0.5) is 0 Å². The van der Waals surface area contributed by atoms with Gasteiger partial charge >= 0.3 is 0 Å². The van der Waals surface area contributed by atoms with Crippen molar-refractivity contribution in [3.63, 3.8) is 0 Å². The SMILES string of the molecule is CC(N)c1cc2ccccc2n(C)c1=O. The second kappa shape index (κ2) is 3.51. The van der Waals surface area contributed by atoms with Crippen LogP contribution >= 0.6 is 0 Å². The van der Waals surface area contributed by atoms with Crippen molar-refractivity contribution < 1.29 is 0 Å². The van der Waals surface area contributed by atoms with Gasteiger partial charge in [0.05, 0.1) is 5.52 Å². The monoisotopic (exact) mass is 202 g/mol. The first-order chi connectivity index (χ1) is 7.11. The van der Waals surface area contributed by atoms with Gasteiger partial charge in [-0.1, -0.05) is 18.2 Å². The molecule has 2 N–H and O–H groups in total. The zero-order chi connectivity index (χ0) is 11.0. The Hall–Kier alpha value is -1.61. The first kappa shape index (κ1) is 9.93. The van der Waals surface area contributed by atoms with Gasteiger partial charge in [-0.25, -0.2) is 0 Å². The predicted octanol–water partition coefficient (Wildman–Crippen LogP) is 1.56. The van der Waals surface area contributed by atoms with Crippen LogP contribution in [0.1, 0.15) is 18.5 Å². The van der Waals surface area contributed by atoms with Crippen LogP contribution in [0.2, 0.25) is 0 Å². The lowest BCUT2D eigenvalue weighted by Gasteiger charge is -2.10. The highest BCUT2D eigenvalue weighted by Crippen LogP contribution is 2.14. The molecule has 0 saturated heterocycles. The second-order valence-electron chi connectivity index (χ2n) is 3.81. The lowest BCUT2D eigenvalue weighted by atomic mass is 10.1. The normalized spacial score (nSPS) is 13.0. The molecule has 3 nitrogen and oxygen atoms in total. The van der Waals surface area contributed by atoms with Gasteiger partial charge in [-0.05, 0) is 24.4 Å². The topological polar surface area (TPSA) is 48.0 Å². The van der Waals surface area contributed by atoms with Crippen molar-refractivity contribution in [2.24, 2.45) is 12.8 Å². The van der Waals surface area contributed by atoms with Crippen molar-refractivity contribution in [1.82, 2.24) is 4.57 Å². The number of nitrogens with zero attached hydrogens (tertiary/aromatic N) is 1. The molecule has 2 rings (SSSR count). The quantitative estimate of drug-likeness (QED) is 0.762. The van der Waals surface area contributed by atoms with Crippen LogP contribution in [0.25, 0.3) is 10.9 Å². The van der Waals surface area contributed by atoms with Crippen LogP contribution in [-0.4, -0.2) is 4.57 Å². The number of fused-ring (bicyclic) bond motifs is 1. The summed E-state index contributed by atoms with van der Waals surface area (Å²) in [6.45, 7) is 1.82. The molecule has 0 amide bonds. The minimum Gasteiger partial charge on any atom is -0.324 e. The summed E-state index contributed by atoms with van der Waals surface area (Å²) in [6, 6.07) is 9.45. The summed E-state index contributed by atoms with van der Waals surface area (Å²) in [5, 5.41) is 1.05. The minimum atomic E-state index is -0.228. The first-order valence-corrected chi connectivity index (χ1v) is 4.95. The summed E-state index contributed by atoms with van der Waals surface area (Å²) < 4.78 is 1.65. The molecule has 1 aromatic heterocycles. The summed E-state index contributed by atoms with van der Waals surface area (Å²) >= 11 is 0. The third kappa shape index (κ3) is 1.55. The molecule has 15 heavy (non-hydrogen) atoms. The number of aryl methyl sites for hydroxylation is 1. The lowest BCUT2D eigenvalue weighted by Crippen LogP contribution is -2.25. The van der Waals surface area contributed by atoms with E-state index in [9.17, 15) is 4.79 Å². The van der Waals surface area contributed by atoms with Crippen LogP contribution < -0.4 is 11.3 Å². The number of rotatable bonds is 1. The van der Waals surface area contributed by atoms with E-state index in [2.05, 4.69) is 0 Å². The molecule has 0 saturated carbocycles. The van der Waals surface area contributed by atoms with Crippen molar-refractivity contribution in [3.8, 4) is 0 Å². The van der Waals surface area contributed by atoms with Crippen LogP contribution in [-0.2, 0) is 7.05 Å². The highest BCUT2D eigenvalue weighted by atomic mass is 16.1. The van der Waals surface area contributed by atoms with Crippen molar-refractivity contribution in [1.29, 1.82) is 0 Å². The number of benzene rings is 1. The number of para-hydroxylation sites is 1. The molecule has 1 heterocycles. The van der Waals surface area contributed by atoms with E-state index in [1.807, 2.05) is 37.3 Å². The van der Waals surface area contributed by atoms with E-state index in [0.717, 1.165) is 10.9 Å². The molecule has 0 aliphatic rings. The second-order valence-corrected chi connectivity index (χ2v) is 3.81. The third-order valence-electron chi connectivity index (χ3n) is 2.65. The number of hydrogen-bond donors (Lipinski definition) is 1. The van der Waals surface area contributed by atoms with E-state index in [0.29, 0.717) is 5.56 Å². The third-order valence-corrected chi connectivity index (χ3v) is 2.65. The maximum absolute atomic E-state index is 11.9. The molecule has 1 aromatic carbocycles. The molecule has 78 valence electrons. The molecule has 0 bridgehead atoms. The molecule has 0 spiro atoms. The van der Waals surface area contributed by atoms with Crippen LogP contribution in [0.15, 0.2) is 35.1 Å². The van der Waals surface area contributed by atoms with Gasteiger partial charge in [0.25, 0.3) is 5.56 Å². The zero-order valence-corrected chi connectivity index (χ0v) is 8.90. The molecule has 1 unspecified atom stereocenters. The summed E-state index contributed by atoms with van der Waals surface area (Å²) in [4.78, 5) is 11.9. The highest BCUT2D eigenvalue weighted by molar-refractivity contribution is 5.79. The van der Waals surface area contributed by atoms with Gasteiger partial charge < -0.3 is 10.3 Å². The highest BCUT2D eigenvalue weighted by Gasteiger charge is 2.09. The molecule has 2 aromatic rings. The first-order valence-electron chi connectivity index (χ1n) is 4.95. The van der Waals surface area contributed by atoms with Crippen molar-refractivity contribution >= 4 is 10.9 Å². The Labute approximate surface area is 88.1 Å². The Bertz CT molecular complexity index is 555. The summed E-state index contributed by atoms with van der Waals surface area (Å²) in [6.07, 6.45) is 0. The maximum atomic E-state index is 11.9. The largest absolute Gasteiger partial charge is 0.324 e. The molecular formula is C12H14N2O. The average Bonchev–Trinajstić information content (AvgIpc) is 2.23. The van der Waals surface area contributed by atoms with E-state index in [1.54, 1.807) is 11.6 Å². The molecule has 0 radical (unpaired) electrons. The summed E-state index contributed by atoms with van der Waals surface area (Å²) in [5.74, 6) is 0. The Morgan fingerprint density at radius 1 is 1.33 bits per heavy atom. The smallest absolute Gasteiger partial charge is 0.255 e. The summed E-state index contributed by atoms with van der Waals surface area (Å²) in [7, 11) is 1.77. The van der Waals surface area contributed by atoms with Crippen molar-refractivity contribution in [2.75, 3.05) is 0 Å². The fourth-order valence-electron chi connectivity index (χ4n) is 1.77. The Balaban J connectivity index is 2.89. The number of aromatic nitrogens is 1. The molecule has 0 fully saturated rings. The molecular weight excluding hydrogens is 188 g/mol. The van der Waals surface area contributed by atoms with Gasteiger partial charge in [0, 0.05) is 18.7 Å². The van der Waals surface area contributed by atoms with Gasteiger partial charge in [-0.2, -0.15) is 0 Å². The van der Waals surface area contributed by atoms with Crippen molar-refractivity contribution in [3.05, 3.63) is 46.2 Å². The van der Waals surface area contributed by atoms with Crippen LogP contribution in [0, 0.1) is 0 Å². The van der Waals surface area contributed by atoms with Gasteiger partial charge in [0.1, 0.15) is 0 Å². The fourth-order valence-corrected chi connectivity index (χ4v) is 1.77.